The average molecular weight is 691 g/mol. The summed E-state index contributed by atoms with van der Waals surface area (Å²) in [5.41, 5.74) is 11.4. The predicted octanol–water partition coefficient (Wildman–Crippen LogP) is 3.68. The number of carbonyl (C=O) groups excluding carboxylic acids is 3. The van der Waals surface area contributed by atoms with Gasteiger partial charge in [0, 0.05) is 53.5 Å². The van der Waals surface area contributed by atoms with Gasteiger partial charge in [-0.2, -0.15) is 5.21 Å². The van der Waals surface area contributed by atoms with Crippen LogP contribution in [0.2, 0.25) is 0 Å². The lowest BCUT2D eigenvalue weighted by Gasteiger charge is -2.29. The molecule has 3 aliphatic rings. The Labute approximate surface area is 297 Å². The Morgan fingerprint density at radius 3 is 2.27 bits per heavy atom. The first-order chi connectivity index (χ1) is 24.8. The molecule has 3 amide bonds. The highest BCUT2D eigenvalue weighted by atomic mass is 16.2. The van der Waals surface area contributed by atoms with Crippen LogP contribution in [-0.2, 0) is 16.0 Å². The molecule has 1 aliphatic carbocycles. The Hall–Kier alpha value is -5.01. The summed E-state index contributed by atoms with van der Waals surface area (Å²) in [7, 11) is 0. The lowest BCUT2D eigenvalue weighted by Crippen LogP contribution is -2.48. The second-order valence-corrected chi connectivity index (χ2v) is 14.4. The number of carbonyl (C=O) groups is 3. The summed E-state index contributed by atoms with van der Waals surface area (Å²) in [5, 5.41) is 26.9. The zero-order valence-electron chi connectivity index (χ0n) is 28.9. The maximum Gasteiger partial charge on any atom is 0.270 e. The first-order valence-corrected chi connectivity index (χ1v) is 18.1. The minimum atomic E-state index is -0.788. The van der Waals surface area contributed by atoms with Crippen LogP contribution in [0.25, 0.3) is 22.5 Å². The smallest absolute Gasteiger partial charge is 0.270 e. The number of nitrogens with two attached hydrogens (primary N) is 1. The van der Waals surface area contributed by atoms with Gasteiger partial charge in [0.1, 0.15) is 11.7 Å². The maximum absolute atomic E-state index is 13.7. The Kier molecular flexibility index (Phi) is 10.5. The Balaban J connectivity index is 1.02. The van der Waals surface area contributed by atoms with E-state index < -0.39 is 6.04 Å². The Morgan fingerprint density at radius 2 is 1.63 bits per heavy atom. The summed E-state index contributed by atoms with van der Waals surface area (Å²) in [5.74, 6) is 0.221. The van der Waals surface area contributed by atoms with Gasteiger partial charge in [0.2, 0.25) is 17.6 Å². The number of fused-ring (bicyclic) bond motifs is 2. The van der Waals surface area contributed by atoms with E-state index in [1.165, 1.54) is 12.8 Å². The lowest BCUT2D eigenvalue weighted by molar-refractivity contribution is -0.130. The average Bonchev–Trinajstić information content (AvgIpc) is 3.81. The Morgan fingerprint density at radius 1 is 0.922 bits per heavy atom. The van der Waals surface area contributed by atoms with Gasteiger partial charge in [-0.3, -0.25) is 19.4 Å². The fourth-order valence-corrected chi connectivity index (χ4v) is 7.85. The number of tetrazole rings is 1. The van der Waals surface area contributed by atoms with Gasteiger partial charge in [-0.15, -0.1) is 10.2 Å². The van der Waals surface area contributed by atoms with Crippen molar-refractivity contribution >= 4 is 23.4 Å². The highest BCUT2D eigenvalue weighted by molar-refractivity contribution is 5.98. The molecule has 13 nitrogen and oxygen atoms in total. The van der Waals surface area contributed by atoms with Gasteiger partial charge >= 0.3 is 0 Å². The molecule has 7 N–H and O–H groups in total. The molecule has 4 heterocycles. The number of hydrogen-bond acceptors (Lipinski definition) is 9. The topological polar surface area (TPSA) is 193 Å². The SMILES string of the molecule is Cc1cc(C(=O)NC2C[C@H]3CC[C@@H](C2)N3)ncc1-c1ccc(C[C@H](NC(=O)C2CCC(CN)CC2)C(=O)Nc2ccc(-c3nn[nH]n3)cc2)cc1. The van der Waals surface area contributed by atoms with Crippen LogP contribution < -0.4 is 27.0 Å². The van der Waals surface area contributed by atoms with Crippen LogP contribution >= 0.6 is 0 Å². The van der Waals surface area contributed by atoms with Crippen LogP contribution in [0.3, 0.4) is 0 Å². The lowest BCUT2D eigenvalue weighted by atomic mass is 9.81. The van der Waals surface area contributed by atoms with E-state index in [1.807, 2.05) is 37.3 Å². The van der Waals surface area contributed by atoms with Crippen LogP contribution in [-0.4, -0.2) is 74.0 Å². The van der Waals surface area contributed by atoms with Crippen molar-refractivity contribution in [2.75, 3.05) is 11.9 Å². The molecule has 1 unspecified atom stereocenters. The van der Waals surface area contributed by atoms with Crippen molar-refractivity contribution in [1.82, 2.24) is 41.6 Å². The van der Waals surface area contributed by atoms with Gasteiger partial charge in [-0.05, 0) is 123 Å². The number of piperidine rings is 1. The van der Waals surface area contributed by atoms with Crippen LogP contribution in [0.5, 0.6) is 0 Å². The molecular weight excluding hydrogens is 644 g/mol. The highest BCUT2D eigenvalue weighted by Crippen LogP contribution is 2.30. The van der Waals surface area contributed by atoms with Crippen molar-refractivity contribution < 1.29 is 14.4 Å². The number of aromatic nitrogens is 5. The molecule has 0 spiro atoms. The van der Waals surface area contributed by atoms with Gasteiger partial charge in [-0.1, -0.05) is 24.3 Å². The van der Waals surface area contributed by atoms with Gasteiger partial charge in [0.25, 0.3) is 5.91 Å². The van der Waals surface area contributed by atoms with E-state index in [0.29, 0.717) is 48.2 Å². The van der Waals surface area contributed by atoms with Crippen molar-refractivity contribution in [3.8, 4) is 22.5 Å². The van der Waals surface area contributed by atoms with E-state index in [0.717, 1.165) is 66.3 Å². The van der Waals surface area contributed by atoms with Crippen molar-refractivity contribution in [1.29, 1.82) is 0 Å². The minimum absolute atomic E-state index is 0.104. The van der Waals surface area contributed by atoms with Crippen molar-refractivity contribution in [2.45, 2.75) is 88.9 Å². The molecule has 2 aromatic heterocycles. The summed E-state index contributed by atoms with van der Waals surface area (Å²) >= 11 is 0. The molecule has 13 heteroatoms. The molecule has 2 bridgehead atoms. The molecule has 2 aliphatic heterocycles. The third kappa shape index (κ3) is 8.32. The number of nitrogens with one attached hydrogen (secondary N) is 5. The monoisotopic (exact) mass is 690 g/mol. The first kappa shape index (κ1) is 34.4. The van der Waals surface area contributed by atoms with Crippen LogP contribution in [0.1, 0.15) is 73.0 Å². The number of benzene rings is 2. The van der Waals surface area contributed by atoms with Crippen molar-refractivity contribution in [3.05, 3.63) is 77.6 Å². The highest BCUT2D eigenvalue weighted by Gasteiger charge is 2.34. The number of pyridine rings is 1. The molecule has 266 valence electrons. The van der Waals surface area contributed by atoms with Crippen LogP contribution in [0, 0.1) is 18.8 Å². The number of amides is 3. The van der Waals surface area contributed by atoms with E-state index in [1.54, 1.807) is 30.5 Å². The summed E-state index contributed by atoms with van der Waals surface area (Å²) in [6.07, 6.45) is 9.71. The molecule has 0 radical (unpaired) electrons. The third-order valence-corrected chi connectivity index (χ3v) is 10.8. The number of hydrogen-bond donors (Lipinski definition) is 6. The van der Waals surface area contributed by atoms with Crippen molar-refractivity contribution in [3.63, 3.8) is 0 Å². The van der Waals surface area contributed by atoms with E-state index in [9.17, 15) is 14.4 Å². The number of aromatic amines is 1. The van der Waals surface area contributed by atoms with E-state index >= 15 is 0 Å². The van der Waals surface area contributed by atoms with Gasteiger partial charge in [-0.25, -0.2) is 0 Å². The van der Waals surface area contributed by atoms with E-state index in [4.69, 9.17) is 5.73 Å². The maximum atomic E-state index is 13.7. The molecule has 2 saturated heterocycles. The summed E-state index contributed by atoms with van der Waals surface area (Å²) in [4.78, 5) is 44.7. The quantitative estimate of drug-likeness (QED) is 0.136. The van der Waals surface area contributed by atoms with Gasteiger partial charge < -0.3 is 27.0 Å². The number of aryl methyl sites for hydroxylation is 1. The molecular formula is C38H46N10O3. The third-order valence-electron chi connectivity index (χ3n) is 10.8. The molecule has 7 rings (SSSR count). The number of anilines is 1. The minimum Gasteiger partial charge on any atom is -0.348 e. The fourth-order valence-electron chi connectivity index (χ4n) is 7.85. The van der Waals surface area contributed by atoms with Gasteiger partial charge in [0.05, 0.1) is 0 Å². The summed E-state index contributed by atoms with van der Waals surface area (Å²) in [6.45, 7) is 2.62. The predicted molar refractivity (Wildman–Crippen MR) is 193 cm³/mol. The van der Waals surface area contributed by atoms with E-state index in [2.05, 4.69) is 46.9 Å². The summed E-state index contributed by atoms with van der Waals surface area (Å²) in [6, 6.07) is 17.3. The molecule has 1 saturated carbocycles. The second kappa shape index (κ2) is 15.5. The normalized spacial score (nSPS) is 23.3. The zero-order chi connectivity index (χ0) is 35.3. The number of H-pyrrole nitrogens is 1. The van der Waals surface area contributed by atoms with Crippen molar-refractivity contribution in [2.24, 2.45) is 17.6 Å². The van der Waals surface area contributed by atoms with Crippen LogP contribution in [0.15, 0.2) is 60.8 Å². The Bertz CT molecular complexity index is 1810. The molecule has 4 atom stereocenters. The fraction of sp³-hybridized carbons (Fsp3) is 0.447. The molecule has 51 heavy (non-hydrogen) atoms. The first-order valence-electron chi connectivity index (χ1n) is 18.1. The van der Waals surface area contributed by atoms with E-state index in [-0.39, 0.29) is 29.7 Å². The molecule has 2 aromatic carbocycles. The number of nitrogens with zero attached hydrogens (tertiary/aromatic N) is 4. The molecule has 3 fully saturated rings. The van der Waals surface area contributed by atoms with Gasteiger partial charge in [0.15, 0.2) is 0 Å². The second-order valence-electron chi connectivity index (χ2n) is 14.4. The molecule has 4 aromatic rings. The zero-order valence-corrected chi connectivity index (χ0v) is 28.9. The number of rotatable bonds is 11. The standard InChI is InChI=1S/C38H46N10O3/c1-22-16-33(37(50)43-31-18-29-14-15-30(19-31)41-29)40-21-32(22)25-6-2-23(3-7-25)17-34(44-36(49)27-8-4-24(20-39)5-9-27)38(51)42-28-12-10-26(11-13-28)35-45-47-48-46-35/h2-3,6-7,10-13,16,21,24,27,29-31,34,41H,4-5,8-9,14-15,17-20,39H2,1H3,(H,42,51)(H,43,50)(H,44,49)(H,45,46,47,48)/t24?,27?,29-,30+,31?,34-/m0/s1. The largest absolute Gasteiger partial charge is 0.348 e. The summed E-state index contributed by atoms with van der Waals surface area (Å²) < 4.78 is 0. The van der Waals surface area contributed by atoms with Crippen LogP contribution in [0.4, 0.5) is 5.69 Å².